The third-order valence-corrected chi connectivity index (χ3v) is 11.0. The summed E-state index contributed by atoms with van der Waals surface area (Å²) in [5.74, 6) is 2.60. The molecule has 0 saturated heterocycles. The van der Waals surface area contributed by atoms with Crippen molar-refractivity contribution in [3.63, 3.8) is 0 Å². The fourth-order valence-corrected chi connectivity index (χ4v) is 8.30. The van der Waals surface area contributed by atoms with Gasteiger partial charge in [0.05, 0.1) is 5.69 Å². The molecule has 6 heteroatoms. The molecule has 6 aromatic carbocycles. The number of phenolic OH excluding ortho intramolecular Hbond substituents is 1. The molecular weight excluding hydrogens is 890 g/mol. The summed E-state index contributed by atoms with van der Waals surface area (Å²) >= 11 is 0. The second kappa shape index (κ2) is 16.4. The third kappa shape index (κ3) is 7.32. The Balaban J connectivity index is 0.00000469. The number of aromatic nitrogens is 2. The van der Waals surface area contributed by atoms with Crippen molar-refractivity contribution >= 4 is 23.1 Å². The van der Waals surface area contributed by atoms with E-state index in [2.05, 4.69) is 155 Å². The van der Waals surface area contributed by atoms with Gasteiger partial charge in [-0.1, -0.05) is 147 Å². The van der Waals surface area contributed by atoms with Gasteiger partial charge in [-0.2, -0.15) is 0 Å². The fraction of sp³-hybridized carbons (Fsp3) is 0.115. The first kappa shape index (κ1) is 38.8. The van der Waals surface area contributed by atoms with Gasteiger partial charge in [-0.25, -0.2) is 0 Å². The van der Waals surface area contributed by atoms with Crippen molar-refractivity contribution in [2.24, 2.45) is 0 Å². The zero-order chi connectivity index (χ0) is 39.0. The molecule has 0 bridgehead atoms. The van der Waals surface area contributed by atoms with Crippen LogP contribution in [0.4, 0.5) is 0 Å². The predicted molar refractivity (Wildman–Crippen MR) is 236 cm³/mol. The van der Waals surface area contributed by atoms with Crippen molar-refractivity contribution in [1.29, 1.82) is 0 Å². The van der Waals surface area contributed by atoms with E-state index >= 15 is 0 Å². The molecule has 0 saturated carbocycles. The molecule has 1 aliphatic heterocycles. The number of phenols is 1. The second-order valence-electron chi connectivity index (χ2n) is 15.4. The van der Waals surface area contributed by atoms with Gasteiger partial charge in [0.2, 0.25) is 0 Å². The maximum atomic E-state index is 11.0. The zero-order valence-electron chi connectivity index (χ0n) is 32.9. The average Bonchev–Trinajstić information content (AvgIpc) is 3.25. The average molecular weight is 933 g/mol. The molecule has 286 valence electrons. The van der Waals surface area contributed by atoms with Crippen molar-refractivity contribution < 1.29 is 30.9 Å². The Bertz CT molecular complexity index is 2710. The third-order valence-electron chi connectivity index (χ3n) is 11.0. The number of para-hydroxylation sites is 3. The minimum atomic E-state index is 0. The molecule has 0 fully saturated rings. The van der Waals surface area contributed by atoms with Crippen molar-refractivity contribution in [3.8, 4) is 73.3 Å². The van der Waals surface area contributed by atoms with Gasteiger partial charge >= 0.3 is 0 Å². The van der Waals surface area contributed by atoms with Crippen LogP contribution >= 0.6 is 0 Å². The van der Waals surface area contributed by atoms with Gasteiger partial charge in [0.1, 0.15) is 17.2 Å². The van der Waals surface area contributed by atoms with E-state index in [1.165, 1.54) is 22.2 Å². The van der Waals surface area contributed by atoms with E-state index in [0.717, 1.165) is 61.6 Å². The molecule has 8 aromatic rings. The van der Waals surface area contributed by atoms with Crippen LogP contribution in [-0.4, -0.2) is 21.8 Å². The van der Waals surface area contributed by atoms with Crippen LogP contribution in [0.1, 0.15) is 50.7 Å². The summed E-state index contributed by atoms with van der Waals surface area (Å²) in [5.41, 5.74) is 15.3. The molecule has 0 aliphatic carbocycles. The Morgan fingerprint density at radius 1 is 0.534 bits per heavy atom. The molecule has 0 spiro atoms. The molecule has 1 aliphatic rings. The minimum absolute atomic E-state index is 0. The number of pyridine rings is 2. The van der Waals surface area contributed by atoms with E-state index in [9.17, 15) is 5.11 Å². The van der Waals surface area contributed by atoms with E-state index in [1.807, 2.05) is 36.5 Å². The van der Waals surface area contributed by atoms with Gasteiger partial charge in [-0.15, -0.1) is 24.3 Å². The zero-order valence-corrected chi connectivity index (χ0v) is 35.2. The standard InChI is InChI=1S/C52H42BN2O2.Pt/c1-33(2)39-19-14-20-40(34(3)4)52(39)38-31-47(55-48(32-38)42-18-6-10-24-49(42)56)37-16-13-15-36(29-37)46-30-35(27-28-54-46)41-17-5-7-21-43(41)53-44-22-8-11-25-50(44)57-51-26-12-9-23-45(51)53;/h5-28,30-34,56H,1-4H3;/q-1;. The quantitative estimate of drug-likeness (QED) is 0.122. The van der Waals surface area contributed by atoms with Crippen LogP contribution in [0.5, 0.6) is 17.2 Å². The van der Waals surface area contributed by atoms with Gasteiger partial charge < -0.3 is 9.84 Å². The Hall–Kier alpha value is -6.03. The molecule has 1 N–H and O–H groups in total. The van der Waals surface area contributed by atoms with Gasteiger partial charge in [0, 0.05) is 44.2 Å². The van der Waals surface area contributed by atoms with Crippen LogP contribution in [0.2, 0.25) is 0 Å². The van der Waals surface area contributed by atoms with Crippen LogP contribution in [0.15, 0.2) is 164 Å². The van der Waals surface area contributed by atoms with Gasteiger partial charge in [-0.05, 0) is 92.5 Å². The number of benzene rings is 6. The summed E-state index contributed by atoms with van der Waals surface area (Å²) in [6.07, 6.45) is 1.89. The molecule has 9 rings (SSSR count). The van der Waals surface area contributed by atoms with Gasteiger partial charge in [-0.3, -0.25) is 9.97 Å². The number of aromatic hydroxyl groups is 1. The summed E-state index contributed by atoms with van der Waals surface area (Å²) in [7, 11) is 0. The van der Waals surface area contributed by atoms with E-state index in [-0.39, 0.29) is 33.5 Å². The topological polar surface area (TPSA) is 55.2 Å². The summed E-state index contributed by atoms with van der Waals surface area (Å²) in [4.78, 5) is 10.1. The molecule has 0 unspecified atom stereocenters. The number of rotatable bonds is 8. The smallest absolute Gasteiger partial charge is 0.251 e. The Morgan fingerprint density at radius 2 is 1.07 bits per heavy atom. The van der Waals surface area contributed by atoms with E-state index in [0.29, 0.717) is 23.1 Å². The first-order chi connectivity index (χ1) is 27.8. The summed E-state index contributed by atoms with van der Waals surface area (Å²) < 4.78 is 6.37. The van der Waals surface area contributed by atoms with Crippen LogP contribution in [0.3, 0.4) is 0 Å². The maximum Gasteiger partial charge on any atom is 0.251 e. The van der Waals surface area contributed by atoms with Crippen LogP contribution in [0.25, 0.3) is 56.0 Å². The van der Waals surface area contributed by atoms with Crippen LogP contribution in [0, 0.1) is 6.07 Å². The first-order valence-electron chi connectivity index (χ1n) is 19.7. The molecule has 2 aromatic heterocycles. The molecule has 0 atom stereocenters. The van der Waals surface area contributed by atoms with Gasteiger partial charge in [0.15, 0.2) is 0 Å². The Labute approximate surface area is 356 Å². The van der Waals surface area contributed by atoms with Crippen molar-refractivity contribution in [2.75, 3.05) is 0 Å². The maximum absolute atomic E-state index is 11.0. The SMILES string of the molecule is CC(C)c1cccc(C(C)C)c1-c1cc(-c2[c-]c(-c3cc(-c4ccccc4B4c5ccccc5Oc5ccccc54)ccn3)ccc2)nc(-c2ccccc2O)c1.[Pt]. The molecule has 58 heavy (non-hydrogen) atoms. The second-order valence-corrected chi connectivity index (χ2v) is 15.4. The van der Waals surface area contributed by atoms with E-state index < -0.39 is 0 Å². The number of hydrogen-bond donors (Lipinski definition) is 1. The minimum Gasteiger partial charge on any atom is -0.507 e. The molecule has 3 heterocycles. The molecule has 0 radical (unpaired) electrons. The number of nitrogens with zero attached hydrogens (tertiary/aromatic N) is 2. The van der Waals surface area contributed by atoms with E-state index in [4.69, 9.17) is 14.7 Å². The summed E-state index contributed by atoms with van der Waals surface area (Å²) in [6, 6.07) is 57.8. The van der Waals surface area contributed by atoms with E-state index in [1.54, 1.807) is 6.07 Å². The Kier molecular flexibility index (Phi) is 11.0. The van der Waals surface area contributed by atoms with Gasteiger partial charge in [0.25, 0.3) is 6.71 Å². The molecular formula is C52H42BN2O2Pt-. The van der Waals surface area contributed by atoms with Crippen LogP contribution in [-0.2, 0) is 21.1 Å². The van der Waals surface area contributed by atoms with Crippen molar-refractivity contribution in [3.05, 3.63) is 181 Å². The Morgan fingerprint density at radius 3 is 1.72 bits per heavy atom. The van der Waals surface area contributed by atoms with Crippen molar-refractivity contribution in [2.45, 2.75) is 39.5 Å². The number of fused-ring (bicyclic) bond motifs is 2. The largest absolute Gasteiger partial charge is 0.507 e. The van der Waals surface area contributed by atoms with Crippen molar-refractivity contribution in [1.82, 2.24) is 9.97 Å². The molecule has 0 amide bonds. The normalized spacial score (nSPS) is 11.8. The number of ether oxygens (including phenoxy) is 1. The first-order valence-corrected chi connectivity index (χ1v) is 19.7. The number of hydrogen-bond acceptors (Lipinski definition) is 4. The fourth-order valence-electron chi connectivity index (χ4n) is 8.30. The molecule has 4 nitrogen and oxygen atoms in total. The summed E-state index contributed by atoms with van der Waals surface area (Å²) in [5, 5.41) is 11.0. The summed E-state index contributed by atoms with van der Waals surface area (Å²) in [6.45, 7) is 8.98. The predicted octanol–water partition coefficient (Wildman–Crippen LogP) is 11.2. The van der Waals surface area contributed by atoms with Crippen LogP contribution < -0.4 is 21.1 Å². The monoisotopic (exact) mass is 932 g/mol.